The quantitative estimate of drug-likeness (QED) is 0.809. The van der Waals surface area contributed by atoms with Gasteiger partial charge in [0.05, 0.1) is 4.88 Å². The van der Waals surface area contributed by atoms with E-state index in [0.29, 0.717) is 18.8 Å². The Bertz CT molecular complexity index is 569. The van der Waals surface area contributed by atoms with Gasteiger partial charge in [0.1, 0.15) is 0 Å². The summed E-state index contributed by atoms with van der Waals surface area (Å²) in [7, 11) is 0. The van der Waals surface area contributed by atoms with Gasteiger partial charge in [0.15, 0.2) is 5.78 Å². The molecule has 3 heterocycles. The Balaban J connectivity index is 0.00000208. The molecule has 2 fully saturated rings. The highest BCUT2D eigenvalue weighted by molar-refractivity contribution is 7.14. The van der Waals surface area contributed by atoms with E-state index < -0.39 is 0 Å². The summed E-state index contributed by atoms with van der Waals surface area (Å²) in [6.07, 6.45) is 4.27. The van der Waals surface area contributed by atoms with Crippen LogP contribution in [0.5, 0.6) is 0 Å². The lowest BCUT2D eigenvalue weighted by Crippen LogP contribution is -2.42. The lowest BCUT2D eigenvalue weighted by molar-refractivity contribution is -0.133. The summed E-state index contributed by atoms with van der Waals surface area (Å²) in [5, 5.41) is 3.43. The van der Waals surface area contributed by atoms with Crippen molar-refractivity contribution in [1.82, 2.24) is 10.2 Å². The Morgan fingerprint density at radius 1 is 1.25 bits per heavy atom. The summed E-state index contributed by atoms with van der Waals surface area (Å²) in [5.74, 6) is 1.62. The highest BCUT2D eigenvalue weighted by Crippen LogP contribution is 2.28. The second kappa shape index (κ2) is 8.97. The van der Waals surface area contributed by atoms with Crippen molar-refractivity contribution in [2.75, 3.05) is 26.2 Å². The van der Waals surface area contributed by atoms with Crippen molar-refractivity contribution in [3.8, 4) is 0 Å². The van der Waals surface area contributed by atoms with E-state index in [0.717, 1.165) is 48.3 Å². The number of Topliss-reactive ketones (excluding diaryl/α,β-unsaturated/α-hetero) is 1. The predicted octanol–water partition coefficient (Wildman–Crippen LogP) is 3.29. The van der Waals surface area contributed by atoms with E-state index in [9.17, 15) is 9.59 Å². The molecule has 2 unspecified atom stereocenters. The van der Waals surface area contributed by atoms with Gasteiger partial charge in [-0.2, -0.15) is 0 Å². The van der Waals surface area contributed by atoms with E-state index >= 15 is 0 Å². The second-order valence-electron chi connectivity index (χ2n) is 6.83. The van der Waals surface area contributed by atoms with Crippen molar-refractivity contribution < 1.29 is 9.59 Å². The Labute approximate surface area is 154 Å². The lowest BCUT2D eigenvalue weighted by Gasteiger charge is -2.35. The lowest BCUT2D eigenvalue weighted by atomic mass is 9.85. The van der Waals surface area contributed by atoms with Gasteiger partial charge >= 0.3 is 0 Å². The Morgan fingerprint density at radius 3 is 2.75 bits per heavy atom. The van der Waals surface area contributed by atoms with E-state index in [1.165, 1.54) is 24.2 Å². The molecular formula is C18H27ClN2O2S. The molecule has 0 aliphatic carbocycles. The van der Waals surface area contributed by atoms with Crippen LogP contribution in [-0.4, -0.2) is 42.8 Å². The molecule has 1 amide bonds. The fourth-order valence-electron chi connectivity index (χ4n) is 3.79. The van der Waals surface area contributed by atoms with E-state index in [4.69, 9.17) is 0 Å². The Kier molecular flexibility index (Phi) is 7.26. The van der Waals surface area contributed by atoms with Crippen LogP contribution in [0.2, 0.25) is 0 Å². The average Bonchev–Trinajstić information content (AvgIpc) is 3.24. The molecule has 1 N–H and O–H groups in total. The zero-order valence-corrected chi connectivity index (χ0v) is 15.9. The maximum atomic E-state index is 12.5. The summed E-state index contributed by atoms with van der Waals surface area (Å²) < 4.78 is 0. The van der Waals surface area contributed by atoms with E-state index in [-0.39, 0.29) is 24.1 Å². The number of amides is 1. The van der Waals surface area contributed by atoms with Crippen molar-refractivity contribution in [2.24, 2.45) is 11.8 Å². The minimum atomic E-state index is 0. The second-order valence-corrected chi connectivity index (χ2v) is 8.12. The number of ketones is 1. The zero-order chi connectivity index (χ0) is 16.2. The molecule has 4 nitrogen and oxygen atoms in total. The minimum absolute atomic E-state index is 0. The molecular weight excluding hydrogens is 344 g/mol. The van der Waals surface area contributed by atoms with Gasteiger partial charge in [0.25, 0.3) is 0 Å². The number of hydrogen-bond donors (Lipinski definition) is 1. The van der Waals surface area contributed by atoms with Crippen molar-refractivity contribution in [1.29, 1.82) is 0 Å². The zero-order valence-electron chi connectivity index (χ0n) is 14.3. The molecule has 0 radical (unpaired) electrons. The predicted molar refractivity (Wildman–Crippen MR) is 100 cm³/mol. The molecule has 1 aromatic heterocycles. The topological polar surface area (TPSA) is 49.4 Å². The SMILES string of the molecule is Cc1ccc(C(=O)CCC(=O)N2CCCC(C3CCNC3)C2)s1.Cl. The molecule has 0 bridgehead atoms. The van der Waals surface area contributed by atoms with Crippen molar-refractivity contribution in [2.45, 2.75) is 39.0 Å². The van der Waals surface area contributed by atoms with E-state index in [2.05, 4.69) is 5.32 Å². The molecule has 6 heteroatoms. The molecule has 2 aliphatic heterocycles. The maximum Gasteiger partial charge on any atom is 0.223 e. The smallest absolute Gasteiger partial charge is 0.223 e. The maximum absolute atomic E-state index is 12.5. The third kappa shape index (κ3) is 4.80. The van der Waals surface area contributed by atoms with Crippen LogP contribution >= 0.6 is 23.7 Å². The number of carbonyl (C=O) groups is 2. The van der Waals surface area contributed by atoms with Gasteiger partial charge in [-0.25, -0.2) is 0 Å². The molecule has 2 atom stereocenters. The first kappa shape index (κ1) is 19.4. The number of rotatable bonds is 5. The largest absolute Gasteiger partial charge is 0.342 e. The Morgan fingerprint density at radius 2 is 2.08 bits per heavy atom. The summed E-state index contributed by atoms with van der Waals surface area (Å²) >= 11 is 1.52. The van der Waals surface area contributed by atoms with Gasteiger partial charge in [-0.1, -0.05) is 0 Å². The summed E-state index contributed by atoms with van der Waals surface area (Å²) in [6.45, 7) is 5.96. The van der Waals surface area contributed by atoms with Crippen LogP contribution in [0.15, 0.2) is 12.1 Å². The van der Waals surface area contributed by atoms with Gasteiger partial charge in [0.2, 0.25) is 5.91 Å². The third-order valence-corrected chi connectivity index (χ3v) is 6.20. The van der Waals surface area contributed by atoms with Gasteiger partial charge in [-0.05, 0) is 63.2 Å². The molecule has 2 aliphatic rings. The number of thiophene rings is 1. The number of likely N-dealkylation sites (tertiary alicyclic amines) is 1. The highest BCUT2D eigenvalue weighted by atomic mass is 35.5. The number of hydrogen-bond acceptors (Lipinski definition) is 4. The standard InChI is InChI=1S/C18H26N2O2S.ClH/c1-13-4-6-17(23-13)16(21)5-7-18(22)20-10-2-3-15(12-20)14-8-9-19-11-14;/h4,6,14-15,19H,2-3,5,7-12H2,1H3;1H. The summed E-state index contributed by atoms with van der Waals surface area (Å²) in [4.78, 5) is 28.5. The Hall–Kier alpha value is -0.910. The molecule has 0 saturated carbocycles. The van der Waals surface area contributed by atoms with Crippen LogP contribution in [0.4, 0.5) is 0 Å². The molecule has 134 valence electrons. The average molecular weight is 371 g/mol. The van der Waals surface area contributed by atoms with E-state index in [1.54, 1.807) is 0 Å². The fourth-order valence-corrected chi connectivity index (χ4v) is 4.62. The van der Waals surface area contributed by atoms with Crippen molar-refractivity contribution in [3.05, 3.63) is 21.9 Å². The van der Waals surface area contributed by atoms with Crippen molar-refractivity contribution in [3.63, 3.8) is 0 Å². The van der Waals surface area contributed by atoms with Crippen LogP contribution < -0.4 is 5.32 Å². The van der Waals surface area contributed by atoms with Gasteiger partial charge < -0.3 is 10.2 Å². The van der Waals surface area contributed by atoms with Crippen LogP contribution in [0, 0.1) is 18.8 Å². The fraction of sp³-hybridized carbons (Fsp3) is 0.667. The highest BCUT2D eigenvalue weighted by Gasteiger charge is 2.30. The van der Waals surface area contributed by atoms with E-state index in [1.807, 2.05) is 24.0 Å². The van der Waals surface area contributed by atoms with Gasteiger partial charge in [-0.15, -0.1) is 23.7 Å². The monoisotopic (exact) mass is 370 g/mol. The summed E-state index contributed by atoms with van der Waals surface area (Å²) in [6, 6.07) is 3.83. The molecule has 24 heavy (non-hydrogen) atoms. The molecule has 0 aromatic carbocycles. The normalized spacial score (nSPS) is 23.8. The summed E-state index contributed by atoms with van der Waals surface area (Å²) in [5.41, 5.74) is 0. The van der Waals surface area contributed by atoms with Crippen LogP contribution in [0.3, 0.4) is 0 Å². The molecule has 0 spiro atoms. The van der Waals surface area contributed by atoms with Gasteiger partial charge in [-0.3, -0.25) is 9.59 Å². The number of halogens is 1. The minimum Gasteiger partial charge on any atom is -0.342 e. The molecule has 1 aromatic rings. The molecule has 2 saturated heterocycles. The van der Waals surface area contributed by atoms with Crippen LogP contribution in [0.1, 0.15) is 46.7 Å². The first-order valence-electron chi connectivity index (χ1n) is 8.71. The third-order valence-electron chi connectivity index (χ3n) is 5.16. The molecule has 3 rings (SSSR count). The number of piperidine rings is 1. The van der Waals surface area contributed by atoms with Crippen molar-refractivity contribution >= 4 is 35.4 Å². The number of aryl methyl sites for hydroxylation is 1. The van der Waals surface area contributed by atoms with Gasteiger partial charge in [0, 0.05) is 30.8 Å². The number of nitrogens with one attached hydrogen (secondary N) is 1. The first-order valence-corrected chi connectivity index (χ1v) is 9.53. The first-order chi connectivity index (χ1) is 11.1. The number of carbonyl (C=O) groups excluding carboxylic acids is 2. The van der Waals surface area contributed by atoms with Crippen LogP contribution in [0.25, 0.3) is 0 Å². The number of nitrogens with zero attached hydrogens (tertiary/aromatic N) is 1. The van der Waals surface area contributed by atoms with Crippen LogP contribution in [-0.2, 0) is 4.79 Å².